The van der Waals surface area contributed by atoms with Gasteiger partial charge in [0.05, 0.1) is 52.9 Å². The molecule has 1 aliphatic rings. The third-order valence-electron chi connectivity index (χ3n) is 5.27. The Kier molecular flexibility index (Phi) is 6.04. The SMILES string of the molecule is COc1ccc([C@H]2C(C#N)=C(N)Oc3cc(C)n(CC[NH+](C)C)c(=O)c32)cc1OC. The van der Waals surface area contributed by atoms with E-state index in [-0.39, 0.29) is 17.0 Å². The van der Waals surface area contributed by atoms with Crippen LogP contribution in [0.2, 0.25) is 0 Å². The van der Waals surface area contributed by atoms with Crippen molar-refractivity contribution >= 4 is 0 Å². The Labute approximate surface area is 175 Å². The number of ether oxygens (including phenoxy) is 3. The molecule has 0 radical (unpaired) electrons. The van der Waals surface area contributed by atoms with Crippen LogP contribution in [0.1, 0.15) is 22.7 Å². The number of nitriles is 1. The van der Waals surface area contributed by atoms with E-state index < -0.39 is 5.92 Å². The number of likely N-dealkylation sites (N-methyl/N-ethyl adjacent to an activating group) is 1. The summed E-state index contributed by atoms with van der Waals surface area (Å²) in [5, 5.41) is 9.80. The minimum Gasteiger partial charge on any atom is -0.493 e. The smallest absolute Gasteiger partial charge is 0.258 e. The lowest BCUT2D eigenvalue weighted by atomic mass is 9.84. The van der Waals surface area contributed by atoms with Crippen molar-refractivity contribution in [3.63, 3.8) is 0 Å². The van der Waals surface area contributed by atoms with Crippen molar-refractivity contribution in [2.24, 2.45) is 5.73 Å². The van der Waals surface area contributed by atoms with Crippen LogP contribution in [0.4, 0.5) is 0 Å². The summed E-state index contributed by atoms with van der Waals surface area (Å²) in [5.41, 5.74) is 7.94. The van der Waals surface area contributed by atoms with Crippen LogP contribution in [0.15, 0.2) is 40.5 Å². The zero-order valence-corrected chi connectivity index (χ0v) is 17.9. The lowest BCUT2D eigenvalue weighted by Crippen LogP contribution is -3.06. The number of nitrogens with two attached hydrogens (primary N) is 1. The first-order valence-electron chi connectivity index (χ1n) is 9.65. The van der Waals surface area contributed by atoms with Gasteiger partial charge in [-0.1, -0.05) is 6.07 Å². The van der Waals surface area contributed by atoms with Crippen molar-refractivity contribution in [3.05, 3.63) is 62.9 Å². The number of quaternary nitrogens is 1. The molecule has 2 aromatic rings. The van der Waals surface area contributed by atoms with E-state index in [0.29, 0.717) is 34.9 Å². The fraction of sp³-hybridized carbons (Fsp3) is 0.364. The first-order valence-corrected chi connectivity index (χ1v) is 9.65. The number of pyridine rings is 1. The molecular weight excluding hydrogens is 384 g/mol. The van der Waals surface area contributed by atoms with Gasteiger partial charge in [0.15, 0.2) is 11.5 Å². The van der Waals surface area contributed by atoms with Crippen LogP contribution in [0, 0.1) is 18.3 Å². The van der Waals surface area contributed by atoms with Crippen molar-refractivity contribution in [3.8, 4) is 23.3 Å². The molecule has 0 amide bonds. The Bertz CT molecular complexity index is 1100. The molecule has 0 saturated heterocycles. The molecule has 0 saturated carbocycles. The Hall–Kier alpha value is -3.44. The van der Waals surface area contributed by atoms with E-state index in [1.165, 1.54) is 12.0 Å². The number of aromatic nitrogens is 1. The molecule has 1 atom stereocenters. The van der Waals surface area contributed by atoms with Crippen molar-refractivity contribution in [2.75, 3.05) is 34.9 Å². The number of hydrogen-bond acceptors (Lipinski definition) is 6. The lowest BCUT2D eigenvalue weighted by molar-refractivity contribution is -0.858. The highest BCUT2D eigenvalue weighted by Crippen LogP contribution is 2.42. The Morgan fingerprint density at radius 2 is 1.93 bits per heavy atom. The van der Waals surface area contributed by atoms with Gasteiger partial charge < -0.3 is 29.4 Å². The summed E-state index contributed by atoms with van der Waals surface area (Å²) in [5.74, 6) is 0.771. The monoisotopic (exact) mass is 411 g/mol. The van der Waals surface area contributed by atoms with Crippen LogP contribution >= 0.6 is 0 Å². The summed E-state index contributed by atoms with van der Waals surface area (Å²) in [7, 11) is 7.15. The standard InChI is InChI=1S/C22H26N4O4/c1-13-10-18-20(22(27)26(13)9-8-25(2)3)19(15(12-23)21(24)30-18)14-6-7-16(28-4)17(11-14)29-5/h6-7,10-11,19H,8-9,24H2,1-5H3/p+1/t19-/m0/s1. The minimum absolute atomic E-state index is 0.000860. The first-order chi connectivity index (χ1) is 14.3. The van der Waals surface area contributed by atoms with E-state index in [1.807, 2.05) is 21.0 Å². The number of benzene rings is 1. The van der Waals surface area contributed by atoms with Gasteiger partial charge in [0.25, 0.3) is 5.56 Å². The molecule has 0 unspecified atom stereocenters. The number of hydrogen-bond donors (Lipinski definition) is 2. The lowest BCUT2D eigenvalue weighted by Gasteiger charge is -2.27. The maximum absolute atomic E-state index is 13.5. The molecule has 8 nitrogen and oxygen atoms in total. The summed E-state index contributed by atoms with van der Waals surface area (Å²) >= 11 is 0. The largest absolute Gasteiger partial charge is 0.493 e. The molecule has 0 bridgehead atoms. The molecule has 1 aliphatic heterocycles. The average Bonchev–Trinajstić information content (AvgIpc) is 2.71. The molecule has 3 rings (SSSR count). The van der Waals surface area contributed by atoms with Crippen LogP contribution in [0.5, 0.6) is 17.2 Å². The van der Waals surface area contributed by atoms with E-state index in [0.717, 1.165) is 12.2 Å². The fourth-order valence-corrected chi connectivity index (χ4v) is 3.67. The molecule has 8 heteroatoms. The maximum atomic E-state index is 13.5. The van der Waals surface area contributed by atoms with Gasteiger partial charge in [-0.2, -0.15) is 5.26 Å². The minimum atomic E-state index is -0.662. The second-order valence-electron chi connectivity index (χ2n) is 7.52. The Morgan fingerprint density at radius 1 is 1.23 bits per heavy atom. The highest BCUT2D eigenvalue weighted by molar-refractivity contribution is 5.57. The summed E-state index contributed by atoms with van der Waals surface area (Å²) in [6, 6.07) is 9.24. The van der Waals surface area contributed by atoms with Crippen molar-refractivity contribution < 1.29 is 19.1 Å². The van der Waals surface area contributed by atoms with Crippen LogP contribution in [0.25, 0.3) is 0 Å². The molecule has 3 N–H and O–H groups in total. The molecule has 0 fully saturated rings. The van der Waals surface area contributed by atoms with Gasteiger partial charge in [-0.15, -0.1) is 0 Å². The average molecular weight is 411 g/mol. The predicted octanol–water partition coefficient (Wildman–Crippen LogP) is 0.537. The van der Waals surface area contributed by atoms with Crippen LogP contribution in [-0.4, -0.2) is 39.4 Å². The van der Waals surface area contributed by atoms with Gasteiger partial charge >= 0.3 is 0 Å². The normalized spacial score (nSPS) is 15.4. The van der Waals surface area contributed by atoms with Crippen LogP contribution in [-0.2, 0) is 6.54 Å². The van der Waals surface area contributed by atoms with E-state index >= 15 is 0 Å². The highest BCUT2D eigenvalue weighted by Gasteiger charge is 2.34. The maximum Gasteiger partial charge on any atom is 0.258 e. The second-order valence-corrected chi connectivity index (χ2v) is 7.52. The van der Waals surface area contributed by atoms with E-state index in [2.05, 4.69) is 6.07 Å². The molecule has 2 heterocycles. The summed E-state index contributed by atoms with van der Waals surface area (Å²) < 4.78 is 18.1. The molecular formula is C22H27N4O4+. The number of nitrogens with one attached hydrogen (secondary N) is 1. The number of allylic oxidation sites excluding steroid dienone is 1. The molecule has 0 spiro atoms. The Morgan fingerprint density at radius 3 is 2.53 bits per heavy atom. The number of methoxy groups -OCH3 is 2. The van der Waals surface area contributed by atoms with Crippen LogP contribution in [0.3, 0.4) is 0 Å². The summed E-state index contributed by atoms with van der Waals surface area (Å²) in [6.07, 6.45) is 0. The number of fused-ring (bicyclic) bond motifs is 1. The van der Waals surface area contributed by atoms with E-state index in [1.54, 1.807) is 35.9 Å². The topological polar surface area (TPSA) is 104 Å². The molecule has 0 aliphatic carbocycles. The van der Waals surface area contributed by atoms with Gasteiger partial charge in [0.2, 0.25) is 5.88 Å². The second kappa shape index (κ2) is 8.51. The number of aryl methyl sites for hydroxylation is 1. The summed E-state index contributed by atoms with van der Waals surface area (Å²) in [6.45, 7) is 3.20. The van der Waals surface area contributed by atoms with E-state index in [9.17, 15) is 10.1 Å². The third kappa shape index (κ3) is 3.72. The third-order valence-corrected chi connectivity index (χ3v) is 5.27. The van der Waals surface area contributed by atoms with Gasteiger partial charge in [-0.3, -0.25) is 4.79 Å². The quantitative estimate of drug-likeness (QED) is 0.719. The molecule has 30 heavy (non-hydrogen) atoms. The molecule has 158 valence electrons. The van der Waals surface area contributed by atoms with Crippen LogP contribution < -0.4 is 30.4 Å². The van der Waals surface area contributed by atoms with Crippen molar-refractivity contribution in [1.29, 1.82) is 5.26 Å². The summed E-state index contributed by atoms with van der Waals surface area (Å²) in [4.78, 5) is 14.8. The van der Waals surface area contributed by atoms with E-state index in [4.69, 9.17) is 19.9 Å². The first kappa shape index (κ1) is 21.3. The predicted molar refractivity (Wildman–Crippen MR) is 112 cm³/mol. The zero-order chi connectivity index (χ0) is 22.0. The Balaban J connectivity index is 2.25. The van der Waals surface area contributed by atoms with Gasteiger partial charge in [-0.25, -0.2) is 0 Å². The fourth-order valence-electron chi connectivity index (χ4n) is 3.67. The van der Waals surface area contributed by atoms with Crippen molar-refractivity contribution in [1.82, 2.24) is 4.57 Å². The number of nitrogens with zero attached hydrogens (tertiary/aromatic N) is 2. The molecule has 1 aromatic carbocycles. The van der Waals surface area contributed by atoms with Crippen molar-refractivity contribution in [2.45, 2.75) is 19.4 Å². The van der Waals surface area contributed by atoms with Gasteiger partial charge in [0.1, 0.15) is 17.4 Å². The number of rotatable bonds is 6. The zero-order valence-electron chi connectivity index (χ0n) is 17.9. The molecule has 1 aromatic heterocycles. The highest BCUT2D eigenvalue weighted by atomic mass is 16.5. The van der Waals surface area contributed by atoms with Gasteiger partial charge in [0, 0.05) is 11.8 Å². The van der Waals surface area contributed by atoms with Gasteiger partial charge in [-0.05, 0) is 24.6 Å².